The van der Waals surface area contributed by atoms with Crippen molar-refractivity contribution in [1.82, 2.24) is 15.5 Å². The summed E-state index contributed by atoms with van der Waals surface area (Å²) in [6.45, 7) is 3.79. The largest absolute Gasteiger partial charge is 0.348 e. The Morgan fingerprint density at radius 2 is 1.95 bits per heavy atom. The van der Waals surface area contributed by atoms with E-state index in [-0.39, 0.29) is 5.91 Å². The van der Waals surface area contributed by atoms with E-state index in [0.29, 0.717) is 21.3 Å². The smallest absolute Gasteiger partial charge is 0.319 e. The molecule has 0 unspecified atom stereocenters. The maximum atomic E-state index is 12.4. The Morgan fingerprint density at radius 1 is 1.29 bits per heavy atom. The molecule has 0 bridgehead atoms. The highest BCUT2D eigenvalue weighted by Gasteiger charge is 2.38. The van der Waals surface area contributed by atoms with Gasteiger partial charge in [-0.1, -0.05) is 35.8 Å². The topological polar surface area (TPSA) is 61.4 Å². The lowest BCUT2D eigenvalue weighted by atomic mass is 9.88. The van der Waals surface area contributed by atoms with Crippen molar-refractivity contribution in [1.29, 1.82) is 0 Å². The van der Waals surface area contributed by atoms with Gasteiger partial charge in [0, 0.05) is 19.8 Å². The summed E-state index contributed by atoms with van der Waals surface area (Å²) in [5.41, 5.74) is 1.05. The van der Waals surface area contributed by atoms with Gasteiger partial charge in [0.2, 0.25) is 5.91 Å². The van der Waals surface area contributed by atoms with Crippen molar-refractivity contribution >= 4 is 35.1 Å². The Kier molecular flexibility index (Phi) is 4.44. The molecule has 0 saturated carbocycles. The van der Waals surface area contributed by atoms with E-state index in [0.717, 1.165) is 0 Å². The van der Waals surface area contributed by atoms with Gasteiger partial charge in [0.25, 0.3) is 0 Å². The molecule has 1 aromatic rings. The standard InChI is InChI=1S/C14H15Cl2N3O2/c1-7-11(13(20)19(2)3)12(18-14(21)17-7)8-4-5-9(15)10(16)6-8/h4-6,11-12H,1H2,2-3H3,(H2,17,18,21)/t11-,12+/m0/s1. The summed E-state index contributed by atoms with van der Waals surface area (Å²) in [6.07, 6.45) is 0. The van der Waals surface area contributed by atoms with Gasteiger partial charge in [-0.15, -0.1) is 0 Å². The molecule has 21 heavy (non-hydrogen) atoms. The van der Waals surface area contributed by atoms with Gasteiger partial charge in [-0.05, 0) is 17.7 Å². The van der Waals surface area contributed by atoms with Crippen molar-refractivity contribution in [2.75, 3.05) is 14.1 Å². The third-order valence-electron chi connectivity index (χ3n) is 3.28. The predicted octanol–water partition coefficient (Wildman–Crippen LogP) is 2.57. The number of amides is 3. The first-order valence-electron chi connectivity index (χ1n) is 6.23. The predicted molar refractivity (Wildman–Crippen MR) is 82.2 cm³/mol. The summed E-state index contributed by atoms with van der Waals surface area (Å²) in [4.78, 5) is 25.5. The summed E-state index contributed by atoms with van der Waals surface area (Å²) in [5, 5.41) is 6.05. The third kappa shape index (κ3) is 3.14. The summed E-state index contributed by atoms with van der Waals surface area (Å²) in [6, 6.07) is 4.06. The first-order valence-corrected chi connectivity index (χ1v) is 6.99. The fourth-order valence-electron chi connectivity index (χ4n) is 2.24. The second kappa shape index (κ2) is 5.95. The van der Waals surface area contributed by atoms with Crippen LogP contribution in [0.5, 0.6) is 0 Å². The summed E-state index contributed by atoms with van der Waals surface area (Å²) in [7, 11) is 3.30. The molecule has 0 radical (unpaired) electrons. The van der Waals surface area contributed by atoms with Gasteiger partial charge in [0.15, 0.2) is 0 Å². The van der Waals surface area contributed by atoms with Crippen molar-refractivity contribution < 1.29 is 9.59 Å². The van der Waals surface area contributed by atoms with Gasteiger partial charge in [-0.3, -0.25) is 4.79 Å². The van der Waals surface area contributed by atoms with Crippen LogP contribution in [0.3, 0.4) is 0 Å². The Hall–Kier alpha value is -1.72. The van der Waals surface area contributed by atoms with Crippen LogP contribution in [-0.4, -0.2) is 30.9 Å². The number of benzene rings is 1. The van der Waals surface area contributed by atoms with Crippen LogP contribution in [0.1, 0.15) is 11.6 Å². The Labute approximate surface area is 132 Å². The van der Waals surface area contributed by atoms with E-state index in [4.69, 9.17) is 23.2 Å². The molecule has 1 aliphatic rings. The molecule has 2 atom stereocenters. The molecule has 1 saturated heterocycles. The molecule has 0 aliphatic carbocycles. The van der Waals surface area contributed by atoms with Crippen LogP contribution in [0.15, 0.2) is 30.5 Å². The summed E-state index contributed by atoms with van der Waals surface area (Å²) in [5.74, 6) is -0.779. The fourth-order valence-corrected chi connectivity index (χ4v) is 2.54. The van der Waals surface area contributed by atoms with E-state index in [9.17, 15) is 9.59 Å². The van der Waals surface area contributed by atoms with Crippen LogP contribution < -0.4 is 10.6 Å². The van der Waals surface area contributed by atoms with E-state index < -0.39 is 18.0 Å². The van der Waals surface area contributed by atoms with Crippen LogP contribution >= 0.6 is 23.2 Å². The highest BCUT2D eigenvalue weighted by Crippen LogP contribution is 2.33. The van der Waals surface area contributed by atoms with Crippen molar-refractivity contribution in [3.63, 3.8) is 0 Å². The molecule has 2 rings (SSSR count). The molecule has 7 heteroatoms. The number of halogens is 2. The summed E-state index contributed by atoms with van der Waals surface area (Å²) < 4.78 is 0. The lowest BCUT2D eigenvalue weighted by Gasteiger charge is -2.35. The Bertz CT molecular complexity index is 616. The van der Waals surface area contributed by atoms with Crippen LogP contribution in [0.25, 0.3) is 0 Å². The molecule has 2 N–H and O–H groups in total. The minimum absolute atomic E-state index is 0.163. The maximum Gasteiger partial charge on any atom is 0.319 e. The first kappa shape index (κ1) is 15.7. The lowest BCUT2D eigenvalue weighted by Crippen LogP contribution is -2.52. The first-order chi connectivity index (χ1) is 9.81. The number of nitrogens with one attached hydrogen (secondary N) is 2. The van der Waals surface area contributed by atoms with Crippen LogP contribution in [-0.2, 0) is 4.79 Å². The van der Waals surface area contributed by atoms with Crippen LogP contribution in [0.2, 0.25) is 10.0 Å². The minimum atomic E-state index is -0.616. The second-order valence-electron chi connectivity index (χ2n) is 4.99. The monoisotopic (exact) mass is 327 g/mol. The average molecular weight is 328 g/mol. The van der Waals surface area contributed by atoms with E-state index in [1.165, 1.54) is 4.90 Å². The molecule has 3 amide bonds. The Balaban J connectivity index is 2.44. The number of carbonyl (C=O) groups is 2. The molecule has 5 nitrogen and oxygen atoms in total. The molecule has 0 aromatic heterocycles. The van der Waals surface area contributed by atoms with Crippen molar-refractivity contribution in [2.24, 2.45) is 5.92 Å². The number of carbonyl (C=O) groups excluding carboxylic acids is 2. The average Bonchev–Trinajstić information content (AvgIpc) is 2.40. The van der Waals surface area contributed by atoms with Gasteiger partial charge >= 0.3 is 6.03 Å². The lowest BCUT2D eigenvalue weighted by molar-refractivity contribution is -0.132. The molecule has 112 valence electrons. The zero-order chi connectivity index (χ0) is 15.7. The van der Waals surface area contributed by atoms with Crippen molar-refractivity contribution in [2.45, 2.75) is 6.04 Å². The highest BCUT2D eigenvalue weighted by molar-refractivity contribution is 6.42. The van der Waals surface area contributed by atoms with Gasteiger partial charge in [-0.2, -0.15) is 0 Å². The zero-order valence-corrected chi connectivity index (χ0v) is 13.1. The zero-order valence-electron chi connectivity index (χ0n) is 11.6. The van der Waals surface area contributed by atoms with E-state index >= 15 is 0 Å². The molecular formula is C14H15Cl2N3O2. The van der Waals surface area contributed by atoms with E-state index in [1.807, 2.05) is 0 Å². The van der Waals surface area contributed by atoms with E-state index in [1.54, 1.807) is 32.3 Å². The van der Waals surface area contributed by atoms with Gasteiger partial charge in [0.1, 0.15) is 5.92 Å². The van der Waals surface area contributed by atoms with E-state index in [2.05, 4.69) is 17.2 Å². The number of nitrogens with zero attached hydrogens (tertiary/aromatic N) is 1. The molecular weight excluding hydrogens is 313 g/mol. The number of hydrogen-bond donors (Lipinski definition) is 2. The van der Waals surface area contributed by atoms with Gasteiger partial charge < -0.3 is 15.5 Å². The normalized spacial score (nSPS) is 21.5. The molecule has 1 fully saturated rings. The van der Waals surface area contributed by atoms with Crippen LogP contribution in [0.4, 0.5) is 4.79 Å². The van der Waals surface area contributed by atoms with Crippen molar-refractivity contribution in [3.05, 3.63) is 46.1 Å². The number of urea groups is 1. The maximum absolute atomic E-state index is 12.4. The molecule has 0 spiro atoms. The molecule has 1 heterocycles. The summed E-state index contributed by atoms with van der Waals surface area (Å²) >= 11 is 11.9. The second-order valence-corrected chi connectivity index (χ2v) is 5.80. The van der Waals surface area contributed by atoms with Gasteiger partial charge in [0.05, 0.1) is 16.1 Å². The third-order valence-corrected chi connectivity index (χ3v) is 4.02. The fraction of sp³-hybridized carbons (Fsp3) is 0.286. The number of rotatable bonds is 2. The van der Waals surface area contributed by atoms with Crippen LogP contribution in [0, 0.1) is 5.92 Å². The van der Waals surface area contributed by atoms with Gasteiger partial charge in [-0.25, -0.2) is 4.79 Å². The quantitative estimate of drug-likeness (QED) is 0.876. The highest BCUT2D eigenvalue weighted by atomic mass is 35.5. The SMILES string of the molecule is C=C1NC(=O)N[C@H](c2ccc(Cl)c(Cl)c2)[C@H]1C(=O)N(C)C. The molecule has 1 aromatic carbocycles. The number of hydrogen-bond acceptors (Lipinski definition) is 2. The molecule has 1 aliphatic heterocycles. The minimum Gasteiger partial charge on any atom is -0.348 e. The Morgan fingerprint density at radius 3 is 2.52 bits per heavy atom. The van der Waals surface area contributed by atoms with Crippen molar-refractivity contribution in [3.8, 4) is 0 Å².